The number of sulfonamides is 1. The van der Waals surface area contributed by atoms with Gasteiger partial charge in [0.05, 0.1) is 5.69 Å². The number of rotatable bonds is 5. The predicted octanol–water partition coefficient (Wildman–Crippen LogP) is 3.88. The number of nitrogens with one attached hydrogen (secondary N) is 1. The van der Waals surface area contributed by atoms with Crippen LogP contribution in [0.15, 0.2) is 41.3 Å². The van der Waals surface area contributed by atoms with Crippen molar-refractivity contribution in [2.75, 3.05) is 49.6 Å². The topological polar surface area (TPSA) is 88.2 Å². The zero-order valence-corrected chi connectivity index (χ0v) is 20.1. The molecule has 3 aliphatic rings. The van der Waals surface area contributed by atoms with E-state index in [2.05, 4.69) is 10.2 Å². The zero-order valence-electron chi connectivity index (χ0n) is 19.3. The van der Waals surface area contributed by atoms with Gasteiger partial charge in [0.15, 0.2) is 11.5 Å². The number of carbonyl (C=O) groups is 1. The van der Waals surface area contributed by atoms with E-state index in [4.69, 9.17) is 9.47 Å². The summed E-state index contributed by atoms with van der Waals surface area (Å²) in [6.45, 7) is 3.65. The Morgan fingerprint density at radius 1 is 0.794 bits per heavy atom. The van der Waals surface area contributed by atoms with E-state index in [1.807, 2.05) is 0 Å². The number of anilines is 2. The van der Waals surface area contributed by atoms with Gasteiger partial charge in [-0.25, -0.2) is 8.42 Å². The maximum absolute atomic E-state index is 13.7. The van der Waals surface area contributed by atoms with E-state index in [-0.39, 0.29) is 10.8 Å². The van der Waals surface area contributed by atoms with Crippen molar-refractivity contribution in [2.24, 2.45) is 0 Å². The molecule has 2 fully saturated rings. The van der Waals surface area contributed by atoms with Gasteiger partial charge in [0, 0.05) is 43.5 Å². The van der Waals surface area contributed by atoms with Gasteiger partial charge in [-0.1, -0.05) is 6.42 Å². The molecule has 34 heavy (non-hydrogen) atoms. The smallest absolute Gasteiger partial charge is 0.255 e. The third kappa shape index (κ3) is 4.72. The molecule has 3 aliphatic heterocycles. The van der Waals surface area contributed by atoms with Gasteiger partial charge in [-0.3, -0.25) is 4.79 Å². The molecular formula is C25H31N3O5S. The van der Waals surface area contributed by atoms with Crippen LogP contribution in [0.4, 0.5) is 11.4 Å². The normalized spacial score (nSPS) is 19.0. The van der Waals surface area contributed by atoms with Gasteiger partial charge in [-0.05, 0) is 62.4 Å². The fourth-order valence-electron chi connectivity index (χ4n) is 4.83. The third-order valence-electron chi connectivity index (χ3n) is 6.65. The molecular weight excluding hydrogens is 454 g/mol. The summed E-state index contributed by atoms with van der Waals surface area (Å²) in [7, 11) is -3.71. The minimum absolute atomic E-state index is 0.228. The van der Waals surface area contributed by atoms with Gasteiger partial charge in [0.2, 0.25) is 10.0 Å². The molecule has 9 heteroatoms. The molecule has 1 N–H and O–H groups in total. The van der Waals surface area contributed by atoms with E-state index in [1.165, 1.54) is 0 Å². The number of hydrogen-bond acceptors (Lipinski definition) is 6. The van der Waals surface area contributed by atoms with Crippen LogP contribution in [0.5, 0.6) is 11.5 Å². The number of benzene rings is 2. The fraction of sp³-hybridized carbons (Fsp3) is 0.480. The molecule has 0 unspecified atom stereocenters. The van der Waals surface area contributed by atoms with Crippen molar-refractivity contribution in [1.29, 1.82) is 0 Å². The van der Waals surface area contributed by atoms with Crippen LogP contribution in [0.3, 0.4) is 0 Å². The number of fused-ring (bicyclic) bond motifs is 1. The van der Waals surface area contributed by atoms with Gasteiger partial charge in [-0.15, -0.1) is 0 Å². The SMILES string of the molecule is O=C(Nc1ccc2c(c1)OCCO2)c1ccc(N2CCCCC2)c(S(=O)(=O)N2CCCCC2)c1. The Bertz CT molecular complexity index is 1160. The first-order valence-corrected chi connectivity index (χ1v) is 13.6. The van der Waals surface area contributed by atoms with Crippen LogP contribution in [-0.2, 0) is 10.0 Å². The summed E-state index contributed by atoms with van der Waals surface area (Å²) in [5.74, 6) is 0.861. The summed E-state index contributed by atoms with van der Waals surface area (Å²) >= 11 is 0. The van der Waals surface area contributed by atoms with Crippen molar-refractivity contribution in [3.8, 4) is 11.5 Å². The number of piperidine rings is 2. The van der Waals surface area contributed by atoms with E-state index in [0.717, 1.165) is 51.6 Å². The lowest BCUT2D eigenvalue weighted by Crippen LogP contribution is -2.37. The summed E-state index contributed by atoms with van der Waals surface area (Å²) < 4.78 is 40.1. The summed E-state index contributed by atoms with van der Waals surface area (Å²) in [4.78, 5) is 15.5. The van der Waals surface area contributed by atoms with Crippen molar-refractivity contribution in [1.82, 2.24) is 4.31 Å². The molecule has 0 bridgehead atoms. The van der Waals surface area contributed by atoms with Crippen molar-refractivity contribution in [2.45, 2.75) is 43.4 Å². The average molecular weight is 486 g/mol. The monoisotopic (exact) mass is 485 g/mol. The van der Waals surface area contributed by atoms with Crippen LogP contribution < -0.4 is 19.7 Å². The van der Waals surface area contributed by atoms with Crippen molar-refractivity contribution < 1.29 is 22.7 Å². The molecule has 0 atom stereocenters. The van der Waals surface area contributed by atoms with Gasteiger partial charge >= 0.3 is 0 Å². The highest BCUT2D eigenvalue weighted by molar-refractivity contribution is 7.89. The van der Waals surface area contributed by atoms with Crippen LogP contribution in [0.2, 0.25) is 0 Å². The second-order valence-corrected chi connectivity index (χ2v) is 10.9. The Morgan fingerprint density at radius 3 is 2.21 bits per heavy atom. The lowest BCUT2D eigenvalue weighted by molar-refractivity contribution is 0.102. The molecule has 1 amide bonds. The van der Waals surface area contributed by atoms with Gasteiger partial charge in [-0.2, -0.15) is 4.31 Å². The van der Waals surface area contributed by atoms with Crippen LogP contribution in [0.1, 0.15) is 48.9 Å². The number of carbonyl (C=O) groups excluding carboxylic acids is 1. The quantitative estimate of drug-likeness (QED) is 0.692. The molecule has 5 rings (SSSR count). The predicted molar refractivity (Wildman–Crippen MR) is 131 cm³/mol. The number of amides is 1. The standard InChI is InChI=1S/C25H31N3O5S/c29-25(26-20-8-10-22-23(18-20)33-16-15-32-22)19-7-9-21(27-11-3-1-4-12-27)24(17-19)34(30,31)28-13-5-2-6-14-28/h7-10,17-18H,1-6,11-16H2,(H,26,29). The van der Waals surface area contributed by atoms with Crippen molar-refractivity contribution >= 4 is 27.3 Å². The molecule has 2 aromatic carbocycles. The van der Waals surface area contributed by atoms with Crippen LogP contribution in [-0.4, -0.2) is 58.0 Å². The molecule has 3 heterocycles. The summed E-state index contributed by atoms with van der Waals surface area (Å²) in [6.07, 6.45) is 6.00. The first kappa shape index (κ1) is 23.0. The van der Waals surface area contributed by atoms with Crippen LogP contribution in [0, 0.1) is 0 Å². The summed E-state index contributed by atoms with van der Waals surface area (Å²) in [5, 5.41) is 2.87. The highest BCUT2D eigenvalue weighted by atomic mass is 32.2. The molecule has 2 aromatic rings. The van der Waals surface area contributed by atoms with Gasteiger partial charge in [0.1, 0.15) is 18.1 Å². The molecule has 0 radical (unpaired) electrons. The highest BCUT2D eigenvalue weighted by Crippen LogP contribution is 2.34. The van der Waals surface area contributed by atoms with Crippen molar-refractivity contribution in [3.63, 3.8) is 0 Å². The Hall–Kier alpha value is -2.78. The summed E-state index contributed by atoms with van der Waals surface area (Å²) in [5.41, 5.74) is 1.57. The molecule has 0 aromatic heterocycles. The number of hydrogen-bond donors (Lipinski definition) is 1. The zero-order chi connectivity index (χ0) is 23.5. The molecule has 182 valence electrons. The molecule has 8 nitrogen and oxygen atoms in total. The Balaban J connectivity index is 1.45. The van der Waals surface area contributed by atoms with Crippen molar-refractivity contribution in [3.05, 3.63) is 42.0 Å². The molecule has 0 spiro atoms. The Morgan fingerprint density at radius 2 is 1.47 bits per heavy atom. The molecule has 0 aliphatic carbocycles. The number of ether oxygens (including phenoxy) is 2. The first-order valence-electron chi connectivity index (χ1n) is 12.1. The molecule has 0 saturated carbocycles. The number of nitrogens with zero attached hydrogens (tertiary/aromatic N) is 2. The lowest BCUT2D eigenvalue weighted by atomic mass is 10.1. The van der Waals surface area contributed by atoms with E-state index in [1.54, 1.807) is 40.7 Å². The van der Waals surface area contributed by atoms with E-state index in [9.17, 15) is 13.2 Å². The van der Waals surface area contributed by atoms with E-state index >= 15 is 0 Å². The molecule has 2 saturated heterocycles. The fourth-order valence-corrected chi connectivity index (χ4v) is 6.58. The largest absolute Gasteiger partial charge is 0.486 e. The van der Waals surface area contributed by atoms with Crippen LogP contribution in [0.25, 0.3) is 0 Å². The first-order chi connectivity index (χ1) is 16.5. The highest BCUT2D eigenvalue weighted by Gasteiger charge is 2.31. The Kier molecular flexibility index (Phi) is 6.65. The van der Waals surface area contributed by atoms with Gasteiger partial charge < -0.3 is 19.7 Å². The third-order valence-corrected chi connectivity index (χ3v) is 8.58. The second kappa shape index (κ2) is 9.84. The van der Waals surface area contributed by atoms with Gasteiger partial charge in [0.25, 0.3) is 5.91 Å². The minimum Gasteiger partial charge on any atom is -0.486 e. The van der Waals surface area contributed by atoms with E-state index in [0.29, 0.717) is 54.7 Å². The second-order valence-electron chi connectivity index (χ2n) is 9.01. The average Bonchev–Trinajstić information content (AvgIpc) is 2.89. The van der Waals surface area contributed by atoms with Crippen LogP contribution >= 0.6 is 0 Å². The lowest BCUT2D eigenvalue weighted by Gasteiger charge is -2.33. The Labute approximate surface area is 200 Å². The maximum atomic E-state index is 13.7. The maximum Gasteiger partial charge on any atom is 0.255 e. The minimum atomic E-state index is -3.71. The summed E-state index contributed by atoms with van der Waals surface area (Å²) in [6, 6.07) is 10.3. The van der Waals surface area contributed by atoms with E-state index < -0.39 is 10.0 Å².